The Morgan fingerprint density at radius 3 is 2.47 bits per heavy atom. The average molecular weight is 290 g/mol. The van der Waals surface area contributed by atoms with E-state index < -0.39 is 0 Å². The van der Waals surface area contributed by atoms with Gasteiger partial charge in [-0.15, -0.1) is 0 Å². The first-order valence-electron chi connectivity index (χ1n) is 5.71. The average Bonchev–Trinajstić information content (AvgIpc) is 2.28. The molecule has 0 aliphatic carbocycles. The first-order chi connectivity index (χ1) is 8.15. The number of rotatable bonds is 3. The van der Waals surface area contributed by atoms with Crippen LogP contribution in [0.1, 0.15) is 16.7 Å². The monoisotopic (exact) mass is 289 g/mol. The summed E-state index contributed by atoms with van der Waals surface area (Å²) in [5.41, 5.74) is 5.00. The van der Waals surface area contributed by atoms with E-state index in [9.17, 15) is 0 Å². The maximum Gasteiger partial charge on any atom is 0.0487 e. The summed E-state index contributed by atoms with van der Waals surface area (Å²) in [4.78, 5) is 0. The van der Waals surface area contributed by atoms with Crippen LogP contribution in [0, 0.1) is 13.8 Å². The van der Waals surface area contributed by atoms with Crippen LogP contribution >= 0.6 is 15.9 Å². The van der Waals surface area contributed by atoms with Crippen LogP contribution in [0.3, 0.4) is 0 Å². The highest BCUT2D eigenvalue weighted by molar-refractivity contribution is 9.10. The Hall–Kier alpha value is -1.28. The number of benzene rings is 2. The van der Waals surface area contributed by atoms with Crippen molar-refractivity contribution in [2.45, 2.75) is 20.4 Å². The minimum atomic E-state index is 0.851. The molecule has 1 nitrogen and oxygen atoms in total. The highest BCUT2D eigenvalue weighted by atomic mass is 79.9. The number of aryl methyl sites for hydroxylation is 2. The van der Waals surface area contributed by atoms with E-state index >= 15 is 0 Å². The smallest absolute Gasteiger partial charge is 0.0487 e. The van der Waals surface area contributed by atoms with Crippen molar-refractivity contribution in [1.82, 2.24) is 0 Å². The lowest BCUT2D eigenvalue weighted by Gasteiger charge is -2.09. The Morgan fingerprint density at radius 1 is 1.00 bits per heavy atom. The lowest BCUT2D eigenvalue weighted by molar-refractivity contribution is 1.14. The molecule has 0 aliphatic heterocycles. The summed E-state index contributed by atoms with van der Waals surface area (Å²) in [5, 5.41) is 3.44. The van der Waals surface area contributed by atoms with Crippen molar-refractivity contribution in [3.8, 4) is 0 Å². The summed E-state index contributed by atoms with van der Waals surface area (Å²) in [6.45, 7) is 5.06. The Morgan fingerprint density at radius 2 is 1.76 bits per heavy atom. The molecule has 2 rings (SSSR count). The molecule has 0 aliphatic rings. The van der Waals surface area contributed by atoms with Crippen LogP contribution in [-0.2, 0) is 6.54 Å². The number of hydrogen-bond donors (Lipinski definition) is 1. The van der Waals surface area contributed by atoms with E-state index in [0.717, 1.165) is 16.7 Å². The van der Waals surface area contributed by atoms with Crippen molar-refractivity contribution >= 4 is 21.6 Å². The van der Waals surface area contributed by atoms with E-state index in [1.54, 1.807) is 0 Å². The molecule has 88 valence electrons. The van der Waals surface area contributed by atoms with E-state index in [-0.39, 0.29) is 0 Å². The summed E-state index contributed by atoms with van der Waals surface area (Å²) < 4.78 is 1.12. The van der Waals surface area contributed by atoms with Crippen molar-refractivity contribution in [2.24, 2.45) is 0 Å². The third-order valence-electron chi connectivity index (χ3n) is 2.69. The zero-order valence-corrected chi connectivity index (χ0v) is 11.7. The molecule has 2 heteroatoms. The van der Waals surface area contributed by atoms with Crippen LogP contribution < -0.4 is 5.32 Å². The second kappa shape index (κ2) is 5.37. The maximum atomic E-state index is 3.57. The predicted molar refractivity (Wildman–Crippen MR) is 77.4 cm³/mol. The van der Waals surface area contributed by atoms with E-state index in [0.29, 0.717) is 0 Å². The van der Waals surface area contributed by atoms with Gasteiger partial charge in [0, 0.05) is 16.7 Å². The number of halogens is 1. The van der Waals surface area contributed by atoms with Crippen molar-refractivity contribution in [3.63, 3.8) is 0 Å². The normalized spacial score (nSPS) is 10.3. The van der Waals surface area contributed by atoms with Gasteiger partial charge in [0.15, 0.2) is 0 Å². The van der Waals surface area contributed by atoms with Crippen molar-refractivity contribution in [1.29, 1.82) is 0 Å². The molecule has 0 fully saturated rings. The summed E-state index contributed by atoms with van der Waals surface area (Å²) >= 11 is 3.57. The molecule has 2 aromatic carbocycles. The second-order valence-corrected chi connectivity index (χ2v) is 5.18. The zero-order valence-electron chi connectivity index (χ0n) is 10.1. The van der Waals surface area contributed by atoms with Gasteiger partial charge < -0.3 is 5.32 Å². The molecule has 0 atom stereocenters. The third kappa shape index (κ3) is 3.34. The first kappa shape index (κ1) is 12.2. The van der Waals surface area contributed by atoms with Gasteiger partial charge in [0.25, 0.3) is 0 Å². The number of nitrogens with one attached hydrogen (secondary N) is 1. The third-order valence-corrected chi connectivity index (χ3v) is 3.35. The molecule has 0 bridgehead atoms. The SMILES string of the molecule is Cc1cccc(CNc2ccc(C)cc2Br)c1. The standard InChI is InChI=1S/C15H16BrN/c1-11-4-3-5-13(8-11)10-17-15-7-6-12(2)9-14(15)16/h3-9,17H,10H2,1-2H3. The van der Waals surface area contributed by atoms with Crippen LogP contribution in [0.4, 0.5) is 5.69 Å². The van der Waals surface area contributed by atoms with Crippen molar-refractivity contribution in [2.75, 3.05) is 5.32 Å². The molecule has 0 saturated heterocycles. The Kier molecular flexibility index (Phi) is 3.85. The molecule has 0 saturated carbocycles. The second-order valence-electron chi connectivity index (χ2n) is 4.33. The minimum absolute atomic E-state index is 0.851. The van der Waals surface area contributed by atoms with Gasteiger partial charge in [-0.3, -0.25) is 0 Å². The molecule has 0 heterocycles. The summed E-state index contributed by atoms with van der Waals surface area (Å²) in [6.07, 6.45) is 0. The molecular weight excluding hydrogens is 274 g/mol. The topological polar surface area (TPSA) is 12.0 Å². The highest BCUT2D eigenvalue weighted by Crippen LogP contribution is 2.23. The zero-order chi connectivity index (χ0) is 12.3. The van der Waals surface area contributed by atoms with E-state index in [2.05, 4.69) is 77.6 Å². The maximum absolute atomic E-state index is 3.57. The van der Waals surface area contributed by atoms with Crippen LogP contribution in [0.5, 0.6) is 0 Å². The van der Waals surface area contributed by atoms with Gasteiger partial charge in [-0.1, -0.05) is 35.9 Å². The summed E-state index contributed by atoms with van der Waals surface area (Å²) in [7, 11) is 0. The first-order valence-corrected chi connectivity index (χ1v) is 6.50. The summed E-state index contributed by atoms with van der Waals surface area (Å²) in [6, 6.07) is 14.9. The molecular formula is C15H16BrN. The molecule has 2 aromatic rings. The van der Waals surface area contributed by atoms with Gasteiger partial charge >= 0.3 is 0 Å². The molecule has 0 amide bonds. The molecule has 0 unspecified atom stereocenters. The quantitative estimate of drug-likeness (QED) is 0.865. The Balaban J connectivity index is 2.07. The van der Waals surface area contributed by atoms with E-state index in [1.807, 2.05) is 0 Å². The van der Waals surface area contributed by atoms with Gasteiger partial charge in [-0.05, 0) is 53.0 Å². The van der Waals surface area contributed by atoms with Crippen LogP contribution in [-0.4, -0.2) is 0 Å². The molecule has 1 N–H and O–H groups in total. The molecule has 0 spiro atoms. The number of hydrogen-bond acceptors (Lipinski definition) is 1. The predicted octanol–water partition coefficient (Wildman–Crippen LogP) is 4.68. The Labute approximate surface area is 111 Å². The van der Waals surface area contributed by atoms with E-state index in [1.165, 1.54) is 16.7 Å². The van der Waals surface area contributed by atoms with Crippen LogP contribution in [0.25, 0.3) is 0 Å². The fourth-order valence-corrected chi connectivity index (χ4v) is 2.42. The van der Waals surface area contributed by atoms with Crippen LogP contribution in [0.2, 0.25) is 0 Å². The van der Waals surface area contributed by atoms with E-state index in [4.69, 9.17) is 0 Å². The highest BCUT2D eigenvalue weighted by Gasteiger charge is 1.99. The Bertz CT molecular complexity index is 520. The number of anilines is 1. The van der Waals surface area contributed by atoms with Gasteiger partial charge in [0.1, 0.15) is 0 Å². The van der Waals surface area contributed by atoms with Gasteiger partial charge in [-0.2, -0.15) is 0 Å². The molecule has 0 aromatic heterocycles. The van der Waals surface area contributed by atoms with Gasteiger partial charge in [-0.25, -0.2) is 0 Å². The lowest BCUT2D eigenvalue weighted by atomic mass is 10.1. The van der Waals surface area contributed by atoms with Gasteiger partial charge in [0.05, 0.1) is 0 Å². The largest absolute Gasteiger partial charge is 0.380 e. The molecule has 0 radical (unpaired) electrons. The fraction of sp³-hybridized carbons (Fsp3) is 0.200. The van der Waals surface area contributed by atoms with Crippen LogP contribution in [0.15, 0.2) is 46.9 Å². The van der Waals surface area contributed by atoms with Gasteiger partial charge in [0.2, 0.25) is 0 Å². The molecule has 17 heavy (non-hydrogen) atoms. The lowest BCUT2D eigenvalue weighted by Crippen LogP contribution is -2.00. The summed E-state index contributed by atoms with van der Waals surface area (Å²) in [5.74, 6) is 0. The van der Waals surface area contributed by atoms with Crippen molar-refractivity contribution < 1.29 is 0 Å². The van der Waals surface area contributed by atoms with Crippen molar-refractivity contribution in [3.05, 3.63) is 63.6 Å². The minimum Gasteiger partial charge on any atom is -0.380 e. The fourth-order valence-electron chi connectivity index (χ4n) is 1.78.